The third-order valence-electron chi connectivity index (χ3n) is 3.93. The third kappa shape index (κ3) is 4.09. The van der Waals surface area contributed by atoms with Crippen LogP contribution in [-0.4, -0.2) is 12.6 Å². The van der Waals surface area contributed by atoms with Gasteiger partial charge in [0, 0.05) is 28.7 Å². The predicted octanol–water partition coefficient (Wildman–Crippen LogP) is 4.16. The third-order valence-corrected chi connectivity index (χ3v) is 4.36. The maximum absolute atomic E-state index is 6.06. The number of hydrogen-bond donors (Lipinski definition) is 2. The highest BCUT2D eigenvalue weighted by atomic mass is 35.5. The van der Waals surface area contributed by atoms with Crippen molar-refractivity contribution in [1.29, 1.82) is 0 Å². The molecule has 2 atom stereocenters. The van der Waals surface area contributed by atoms with Gasteiger partial charge in [0.2, 0.25) is 0 Å². The van der Waals surface area contributed by atoms with E-state index in [-0.39, 0.29) is 6.04 Å². The van der Waals surface area contributed by atoms with E-state index in [0.29, 0.717) is 28.0 Å². The molecule has 19 heavy (non-hydrogen) atoms. The molecular weight excluding hydrogens is 279 g/mol. The van der Waals surface area contributed by atoms with Crippen LogP contribution in [0.15, 0.2) is 18.2 Å². The lowest BCUT2D eigenvalue weighted by molar-refractivity contribution is 0.353. The molecule has 4 heteroatoms. The van der Waals surface area contributed by atoms with Gasteiger partial charge in [-0.25, -0.2) is 0 Å². The number of nitrogens with two attached hydrogens (primary N) is 1. The van der Waals surface area contributed by atoms with Gasteiger partial charge in [0.1, 0.15) is 0 Å². The van der Waals surface area contributed by atoms with Crippen LogP contribution >= 0.6 is 23.2 Å². The Bertz CT molecular complexity index is 426. The van der Waals surface area contributed by atoms with E-state index in [2.05, 4.69) is 19.2 Å². The monoisotopic (exact) mass is 300 g/mol. The van der Waals surface area contributed by atoms with Gasteiger partial charge in [0.15, 0.2) is 0 Å². The zero-order valence-corrected chi connectivity index (χ0v) is 13.1. The molecule has 0 heterocycles. The molecule has 1 fully saturated rings. The molecule has 3 N–H and O–H groups in total. The molecule has 0 amide bonds. The van der Waals surface area contributed by atoms with Crippen molar-refractivity contribution >= 4 is 23.2 Å². The molecule has 1 aliphatic rings. The minimum Gasteiger partial charge on any atom is -0.329 e. The Morgan fingerprint density at radius 2 is 1.95 bits per heavy atom. The molecule has 1 aromatic rings. The molecule has 106 valence electrons. The summed E-state index contributed by atoms with van der Waals surface area (Å²) in [6, 6.07) is 6.28. The van der Waals surface area contributed by atoms with Crippen LogP contribution in [-0.2, 0) is 0 Å². The number of benzene rings is 1. The van der Waals surface area contributed by atoms with E-state index in [9.17, 15) is 0 Å². The van der Waals surface area contributed by atoms with Crippen LogP contribution in [0.4, 0.5) is 0 Å². The van der Waals surface area contributed by atoms with Gasteiger partial charge in [-0.15, -0.1) is 0 Å². The highest BCUT2D eigenvalue weighted by Crippen LogP contribution is 2.38. The maximum Gasteiger partial charge on any atom is 0.0447 e. The maximum atomic E-state index is 6.06. The first kappa shape index (κ1) is 15.1. The van der Waals surface area contributed by atoms with Gasteiger partial charge in [-0.2, -0.15) is 0 Å². The van der Waals surface area contributed by atoms with Crippen molar-refractivity contribution in [3.63, 3.8) is 0 Å². The Hall–Kier alpha value is -0.280. The Balaban J connectivity index is 2.08. The molecule has 0 radical (unpaired) electrons. The summed E-state index contributed by atoms with van der Waals surface area (Å²) in [5, 5.41) is 4.97. The van der Waals surface area contributed by atoms with Gasteiger partial charge in [0.05, 0.1) is 0 Å². The summed E-state index contributed by atoms with van der Waals surface area (Å²) in [5.74, 6) is 0. The van der Waals surface area contributed by atoms with Gasteiger partial charge in [-0.3, -0.25) is 0 Å². The highest BCUT2D eigenvalue weighted by molar-refractivity contribution is 6.34. The zero-order chi connectivity index (χ0) is 14.0. The second kappa shape index (κ2) is 6.01. The first-order chi connectivity index (χ1) is 8.89. The molecule has 1 saturated carbocycles. The van der Waals surface area contributed by atoms with Crippen molar-refractivity contribution < 1.29 is 0 Å². The van der Waals surface area contributed by atoms with E-state index >= 15 is 0 Å². The van der Waals surface area contributed by atoms with Gasteiger partial charge in [-0.05, 0) is 48.4 Å². The molecule has 1 aliphatic carbocycles. The second-order valence-electron chi connectivity index (χ2n) is 6.26. The standard InChI is InChI=1S/C15H22Cl2N2/c1-15(2)4-3-13(8-15)19-14(9-18)10-5-11(16)7-12(17)6-10/h5-7,13-14,19H,3-4,8-9,18H2,1-2H3. The lowest BCUT2D eigenvalue weighted by Crippen LogP contribution is -2.35. The van der Waals surface area contributed by atoms with Crippen molar-refractivity contribution in [3.05, 3.63) is 33.8 Å². The molecule has 2 nitrogen and oxygen atoms in total. The minimum atomic E-state index is 0.120. The summed E-state index contributed by atoms with van der Waals surface area (Å²) in [7, 11) is 0. The molecule has 1 aromatic carbocycles. The van der Waals surface area contributed by atoms with Crippen LogP contribution in [0.1, 0.15) is 44.7 Å². The van der Waals surface area contributed by atoms with Crippen LogP contribution in [0.5, 0.6) is 0 Å². The fourth-order valence-corrected chi connectivity index (χ4v) is 3.48. The van der Waals surface area contributed by atoms with Crippen LogP contribution in [0.25, 0.3) is 0 Å². The molecule has 0 aliphatic heterocycles. The lowest BCUT2D eigenvalue weighted by atomic mass is 9.91. The molecule has 0 aromatic heterocycles. The number of rotatable bonds is 4. The highest BCUT2D eigenvalue weighted by Gasteiger charge is 2.31. The van der Waals surface area contributed by atoms with Crippen LogP contribution in [0.2, 0.25) is 10.0 Å². The average Bonchev–Trinajstić information content (AvgIpc) is 2.64. The summed E-state index contributed by atoms with van der Waals surface area (Å²) in [6.07, 6.45) is 3.66. The van der Waals surface area contributed by atoms with Crippen molar-refractivity contribution in [2.24, 2.45) is 11.1 Å². The van der Waals surface area contributed by atoms with Crippen LogP contribution in [0, 0.1) is 5.41 Å². The summed E-state index contributed by atoms with van der Waals surface area (Å²) in [6.45, 7) is 5.19. The molecule has 2 rings (SSSR count). The van der Waals surface area contributed by atoms with Gasteiger partial charge < -0.3 is 11.1 Å². The fourth-order valence-electron chi connectivity index (χ4n) is 2.94. The summed E-state index contributed by atoms with van der Waals surface area (Å²) in [4.78, 5) is 0. The minimum absolute atomic E-state index is 0.120. The van der Waals surface area contributed by atoms with E-state index in [4.69, 9.17) is 28.9 Å². The normalized spacial score (nSPS) is 23.5. The van der Waals surface area contributed by atoms with Crippen LogP contribution in [0.3, 0.4) is 0 Å². The number of halogens is 2. The number of nitrogens with one attached hydrogen (secondary N) is 1. The van der Waals surface area contributed by atoms with Crippen molar-refractivity contribution in [3.8, 4) is 0 Å². The van der Waals surface area contributed by atoms with Gasteiger partial charge >= 0.3 is 0 Å². The Kier molecular flexibility index (Phi) is 4.78. The summed E-state index contributed by atoms with van der Waals surface area (Å²) >= 11 is 12.1. The smallest absolute Gasteiger partial charge is 0.0447 e. The largest absolute Gasteiger partial charge is 0.329 e. The van der Waals surface area contributed by atoms with Crippen LogP contribution < -0.4 is 11.1 Å². The molecule has 0 bridgehead atoms. The van der Waals surface area contributed by atoms with E-state index in [1.165, 1.54) is 19.3 Å². The number of hydrogen-bond acceptors (Lipinski definition) is 2. The first-order valence-electron chi connectivity index (χ1n) is 6.82. The SMILES string of the molecule is CC1(C)CCC(NC(CN)c2cc(Cl)cc(Cl)c2)C1. The van der Waals surface area contributed by atoms with Crippen molar-refractivity contribution in [2.75, 3.05) is 6.54 Å². The van der Waals surface area contributed by atoms with Gasteiger partial charge in [0.25, 0.3) is 0 Å². The molecule has 0 spiro atoms. The first-order valence-corrected chi connectivity index (χ1v) is 7.57. The van der Waals surface area contributed by atoms with Crippen molar-refractivity contribution in [2.45, 2.75) is 45.2 Å². The van der Waals surface area contributed by atoms with Gasteiger partial charge in [-0.1, -0.05) is 37.0 Å². The quantitative estimate of drug-likeness (QED) is 0.876. The summed E-state index contributed by atoms with van der Waals surface area (Å²) < 4.78 is 0. The van der Waals surface area contributed by atoms with E-state index in [0.717, 1.165) is 5.56 Å². The molecule has 0 saturated heterocycles. The van der Waals surface area contributed by atoms with E-state index in [1.54, 1.807) is 6.07 Å². The lowest BCUT2D eigenvalue weighted by Gasteiger charge is -2.24. The second-order valence-corrected chi connectivity index (χ2v) is 7.13. The predicted molar refractivity (Wildman–Crippen MR) is 82.8 cm³/mol. The summed E-state index contributed by atoms with van der Waals surface area (Å²) in [5.41, 5.74) is 7.41. The van der Waals surface area contributed by atoms with E-state index in [1.807, 2.05) is 12.1 Å². The Labute approximate surface area is 125 Å². The molecular formula is C15H22Cl2N2. The van der Waals surface area contributed by atoms with Crippen molar-refractivity contribution in [1.82, 2.24) is 5.32 Å². The fraction of sp³-hybridized carbons (Fsp3) is 0.600. The average molecular weight is 301 g/mol. The zero-order valence-electron chi connectivity index (χ0n) is 11.5. The molecule has 2 unspecified atom stereocenters. The van der Waals surface area contributed by atoms with E-state index < -0.39 is 0 Å². The topological polar surface area (TPSA) is 38.0 Å². The Morgan fingerprint density at radius 3 is 2.42 bits per heavy atom. The Morgan fingerprint density at radius 1 is 1.32 bits per heavy atom.